The number of benzene rings is 1. The lowest BCUT2D eigenvalue weighted by Gasteiger charge is -2.42. The fraction of sp³-hybridized carbons (Fsp3) is 0.467. The average Bonchev–Trinajstić information content (AvgIpc) is 2.83. The third-order valence-corrected chi connectivity index (χ3v) is 5.39. The van der Waals surface area contributed by atoms with Gasteiger partial charge in [-0.1, -0.05) is 18.2 Å². The van der Waals surface area contributed by atoms with Crippen LogP contribution in [0.3, 0.4) is 0 Å². The standard InChI is InChI=1S/C15H18N2O2S/c1-15(2)14(19)16-7-13(18)17(15)8-10-9-20-12-6-4-3-5-11(10)12/h3-6,10H,7-9H2,1-2H3,(H,16,19). The number of rotatable bonds is 2. The van der Waals surface area contributed by atoms with Gasteiger partial charge in [0.25, 0.3) is 0 Å². The van der Waals surface area contributed by atoms with Crippen LogP contribution in [0.15, 0.2) is 29.2 Å². The Morgan fingerprint density at radius 3 is 2.90 bits per heavy atom. The number of carbonyl (C=O) groups excluding carboxylic acids is 2. The molecule has 0 spiro atoms. The second-order valence-electron chi connectivity index (χ2n) is 5.79. The normalized spacial score (nSPS) is 24.5. The molecule has 2 heterocycles. The monoisotopic (exact) mass is 290 g/mol. The van der Waals surface area contributed by atoms with E-state index in [1.54, 1.807) is 4.90 Å². The van der Waals surface area contributed by atoms with E-state index in [0.29, 0.717) is 12.5 Å². The Hall–Kier alpha value is -1.49. The Balaban J connectivity index is 1.84. The molecule has 1 N–H and O–H groups in total. The van der Waals surface area contributed by atoms with Gasteiger partial charge in [0.05, 0.1) is 6.54 Å². The highest BCUT2D eigenvalue weighted by Crippen LogP contribution is 2.40. The maximum absolute atomic E-state index is 12.2. The van der Waals surface area contributed by atoms with Crippen molar-refractivity contribution in [2.45, 2.75) is 30.2 Å². The van der Waals surface area contributed by atoms with E-state index in [9.17, 15) is 9.59 Å². The third kappa shape index (κ3) is 2.10. The molecular weight excluding hydrogens is 272 g/mol. The van der Waals surface area contributed by atoms with Crippen molar-refractivity contribution >= 4 is 23.6 Å². The zero-order valence-corrected chi connectivity index (χ0v) is 12.5. The maximum atomic E-state index is 12.2. The van der Waals surface area contributed by atoms with Gasteiger partial charge >= 0.3 is 0 Å². The highest BCUT2D eigenvalue weighted by molar-refractivity contribution is 7.99. The Labute approximate surface area is 122 Å². The third-order valence-electron chi connectivity index (χ3n) is 4.13. The van der Waals surface area contributed by atoms with Crippen LogP contribution in [0.1, 0.15) is 25.3 Å². The predicted molar refractivity (Wildman–Crippen MR) is 78.7 cm³/mol. The van der Waals surface area contributed by atoms with Gasteiger partial charge in [-0.3, -0.25) is 9.59 Å². The Kier molecular flexibility index (Phi) is 3.24. The number of thioether (sulfide) groups is 1. The molecule has 3 rings (SSSR count). The molecule has 2 amide bonds. The van der Waals surface area contributed by atoms with Crippen LogP contribution in [0.2, 0.25) is 0 Å². The Morgan fingerprint density at radius 2 is 2.10 bits per heavy atom. The Morgan fingerprint density at radius 1 is 1.35 bits per heavy atom. The summed E-state index contributed by atoms with van der Waals surface area (Å²) >= 11 is 1.83. The summed E-state index contributed by atoms with van der Waals surface area (Å²) in [6.45, 7) is 4.35. The number of nitrogens with zero attached hydrogens (tertiary/aromatic N) is 1. The summed E-state index contributed by atoms with van der Waals surface area (Å²) < 4.78 is 0. The Bertz CT molecular complexity index is 571. The van der Waals surface area contributed by atoms with Crippen molar-refractivity contribution in [1.82, 2.24) is 10.2 Å². The summed E-state index contributed by atoms with van der Waals surface area (Å²) in [5, 5.41) is 2.66. The average molecular weight is 290 g/mol. The lowest BCUT2D eigenvalue weighted by atomic mass is 9.94. The van der Waals surface area contributed by atoms with Crippen molar-refractivity contribution in [3.05, 3.63) is 29.8 Å². The summed E-state index contributed by atoms with van der Waals surface area (Å²) in [6, 6.07) is 8.32. The fourth-order valence-corrected chi connectivity index (χ4v) is 4.07. The van der Waals surface area contributed by atoms with Gasteiger partial charge in [0.1, 0.15) is 5.54 Å². The highest BCUT2D eigenvalue weighted by atomic mass is 32.2. The van der Waals surface area contributed by atoms with Crippen LogP contribution in [0.4, 0.5) is 0 Å². The molecule has 1 aromatic carbocycles. The quantitative estimate of drug-likeness (QED) is 0.900. The van der Waals surface area contributed by atoms with E-state index in [2.05, 4.69) is 17.4 Å². The molecule has 2 aliphatic rings. The van der Waals surface area contributed by atoms with E-state index in [1.165, 1.54) is 10.5 Å². The summed E-state index contributed by atoms with van der Waals surface area (Å²) in [4.78, 5) is 27.2. The molecule has 20 heavy (non-hydrogen) atoms. The largest absolute Gasteiger partial charge is 0.345 e. The maximum Gasteiger partial charge on any atom is 0.245 e. The topological polar surface area (TPSA) is 49.4 Å². The molecule has 0 aromatic heterocycles. The second-order valence-corrected chi connectivity index (χ2v) is 6.85. The molecule has 0 radical (unpaired) electrons. The molecule has 1 unspecified atom stereocenters. The van der Waals surface area contributed by atoms with E-state index in [0.717, 1.165) is 5.75 Å². The van der Waals surface area contributed by atoms with Crippen LogP contribution >= 0.6 is 11.8 Å². The SMILES string of the molecule is CC1(C)C(=O)NCC(=O)N1CC1CSc2ccccc21. The molecule has 0 saturated carbocycles. The molecule has 1 aromatic rings. The van der Waals surface area contributed by atoms with Crippen LogP contribution < -0.4 is 5.32 Å². The van der Waals surface area contributed by atoms with E-state index in [4.69, 9.17) is 0 Å². The minimum atomic E-state index is -0.766. The van der Waals surface area contributed by atoms with Crippen LogP contribution in [0.5, 0.6) is 0 Å². The zero-order valence-electron chi connectivity index (χ0n) is 11.7. The minimum absolute atomic E-state index is 0.00369. The summed E-state index contributed by atoms with van der Waals surface area (Å²) in [6.07, 6.45) is 0. The van der Waals surface area contributed by atoms with Crippen molar-refractivity contribution in [3.63, 3.8) is 0 Å². The first-order valence-electron chi connectivity index (χ1n) is 6.80. The van der Waals surface area contributed by atoms with Gasteiger partial charge in [-0.05, 0) is 25.5 Å². The van der Waals surface area contributed by atoms with E-state index in [-0.39, 0.29) is 18.4 Å². The van der Waals surface area contributed by atoms with Crippen molar-refractivity contribution in [3.8, 4) is 0 Å². The molecule has 0 aliphatic carbocycles. The number of hydrogen-bond acceptors (Lipinski definition) is 3. The van der Waals surface area contributed by atoms with Gasteiger partial charge in [0, 0.05) is 23.1 Å². The van der Waals surface area contributed by atoms with E-state index < -0.39 is 5.54 Å². The number of piperazine rings is 1. The first-order valence-corrected chi connectivity index (χ1v) is 7.79. The van der Waals surface area contributed by atoms with Crippen molar-refractivity contribution < 1.29 is 9.59 Å². The molecule has 5 heteroatoms. The van der Waals surface area contributed by atoms with Gasteiger partial charge < -0.3 is 10.2 Å². The number of amides is 2. The zero-order chi connectivity index (χ0) is 14.3. The molecule has 1 fully saturated rings. The van der Waals surface area contributed by atoms with Gasteiger partial charge in [-0.25, -0.2) is 0 Å². The van der Waals surface area contributed by atoms with Gasteiger partial charge in [0.15, 0.2) is 0 Å². The number of fused-ring (bicyclic) bond motifs is 1. The van der Waals surface area contributed by atoms with Crippen molar-refractivity contribution in [1.29, 1.82) is 0 Å². The molecule has 0 bridgehead atoms. The lowest BCUT2D eigenvalue weighted by Crippen LogP contribution is -2.65. The summed E-state index contributed by atoms with van der Waals surface area (Å²) in [7, 11) is 0. The number of nitrogens with one attached hydrogen (secondary N) is 1. The van der Waals surface area contributed by atoms with Gasteiger partial charge in [-0.15, -0.1) is 11.8 Å². The number of carbonyl (C=O) groups is 2. The van der Waals surface area contributed by atoms with Crippen LogP contribution in [-0.4, -0.2) is 41.1 Å². The molecule has 1 saturated heterocycles. The first kappa shape index (κ1) is 13.5. The second kappa shape index (κ2) is 4.81. The van der Waals surface area contributed by atoms with Crippen molar-refractivity contribution in [2.24, 2.45) is 0 Å². The van der Waals surface area contributed by atoms with Gasteiger partial charge in [0.2, 0.25) is 11.8 Å². The highest BCUT2D eigenvalue weighted by Gasteiger charge is 2.43. The summed E-state index contributed by atoms with van der Waals surface area (Å²) in [5.41, 5.74) is 0.532. The smallest absolute Gasteiger partial charge is 0.245 e. The minimum Gasteiger partial charge on any atom is -0.345 e. The lowest BCUT2D eigenvalue weighted by molar-refractivity contribution is -0.151. The van der Waals surface area contributed by atoms with Gasteiger partial charge in [-0.2, -0.15) is 0 Å². The molecule has 2 aliphatic heterocycles. The first-order chi connectivity index (χ1) is 9.50. The van der Waals surface area contributed by atoms with Crippen molar-refractivity contribution in [2.75, 3.05) is 18.8 Å². The number of hydrogen-bond donors (Lipinski definition) is 1. The van der Waals surface area contributed by atoms with Crippen LogP contribution in [-0.2, 0) is 9.59 Å². The predicted octanol–water partition coefficient (Wildman–Crippen LogP) is 1.61. The molecule has 4 nitrogen and oxygen atoms in total. The van der Waals surface area contributed by atoms with Crippen LogP contribution in [0, 0.1) is 0 Å². The van der Waals surface area contributed by atoms with E-state index in [1.807, 2.05) is 37.7 Å². The van der Waals surface area contributed by atoms with Crippen LogP contribution in [0.25, 0.3) is 0 Å². The molecular formula is C15H18N2O2S. The fourth-order valence-electron chi connectivity index (χ4n) is 2.83. The summed E-state index contributed by atoms with van der Waals surface area (Å²) in [5.74, 6) is 1.21. The van der Waals surface area contributed by atoms with E-state index >= 15 is 0 Å². The molecule has 106 valence electrons. The molecule has 1 atom stereocenters.